The van der Waals surface area contributed by atoms with Gasteiger partial charge in [0.25, 0.3) is 11.1 Å². The molecule has 84 valence electrons. The molecule has 2 rings (SSSR count). The highest BCUT2D eigenvalue weighted by atomic mass is 79.9. The Morgan fingerprint density at radius 2 is 1.25 bits per heavy atom. The molecule has 0 saturated carbocycles. The van der Waals surface area contributed by atoms with Gasteiger partial charge in [0.05, 0.1) is 12.7 Å². The second-order valence-corrected chi connectivity index (χ2v) is 4.17. The third-order valence-corrected chi connectivity index (χ3v) is 2.48. The molecule has 0 saturated heterocycles. The van der Waals surface area contributed by atoms with Crippen molar-refractivity contribution in [3.8, 4) is 0 Å². The Bertz CT molecular complexity index is 514. The normalized spacial score (nSPS) is 9.12. The monoisotopic (exact) mass is 348 g/mol. The molecule has 0 radical (unpaired) electrons. The smallest absolute Gasteiger partial charge is 0.264 e. The molecule has 2 aromatic heterocycles. The second kappa shape index (κ2) is 6.33. The first kappa shape index (κ1) is 12.8. The fraction of sp³-hybridized carbons (Fsp3) is 0. The lowest BCUT2D eigenvalue weighted by molar-refractivity contribution is 1.10. The van der Waals surface area contributed by atoms with Gasteiger partial charge in [-0.3, -0.25) is 9.59 Å². The van der Waals surface area contributed by atoms with Gasteiger partial charge >= 0.3 is 0 Å². The van der Waals surface area contributed by atoms with Gasteiger partial charge in [0.2, 0.25) is 0 Å². The molecule has 0 amide bonds. The molecule has 0 aromatic carbocycles. The van der Waals surface area contributed by atoms with Crippen LogP contribution in [0.1, 0.15) is 0 Å². The summed E-state index contributed by atoms with van der Waals surface area (Å²) in [5.74, 6) is 0. The molecule has 0 unspecified atom stereocenters. The van der Waals surface area contributed by atoms with Crippen LogP contribution in [0.3, 0.4) is 0 Å². The van der Waals surface area contributed by atoms with Crippen molar-refractivity contribution in [3.05, 3.63) is 54.7 Å². The quantitative estimate of drug-likeness (QED) is 0.744. The van der Waals surface area contributed by atoms with Crippen molar-refractivity contribution in [1.29, 1.82) is 0 Å². The minimum atomic E-state index is -0.153. The van der Waals surface area contributed by atoms with E-state index in [1.807, 2.05) is 0 Å². The highest BCUT2D eigenvalue weighted by Gasteiger charge is 1.88. The van der Waals surface area contributed by atoms with Gasteiger partial charge in [-0.15, -0.1) is 0 Å². The third kappa shape index (κ3) is 4.07. The van der Waals surface area contributed by atoms with E-state index in [0.29, 0.717) is 8.95 Å². The predicted octanol–water partition coefficient (Wildman–Crippen LogP) is 1.06. The lowest BCUT2D eigenvalue weighted by atomic mass is 10.7. The van der Waals surface area contributed by atoms with Crippen molar-refractivity contribution >= 4 is 31.9 Å². The van der Waals surface area contributed by atoms with E-state index in [2.05, 4.69) is 51.8 Å². The summed E-state index contributed by atoms with van der Waals surface area (Å²) in [6, 6.07) is 0. The molecule has 0 aliphatic heterocycles. The zero-order valence-corrected chi connectivity index (χ0v) is 10.9. The van der Waals surface area contributed by atoms with Crippen LogP contribution in [-0.2, 0) is 0 Å². The van der Waals surface area contributed by atoms with Crippen LogP contribution in [-0.4, -0.2) is 19.9 Å². The Morgan fingerprint density at radius 3 is 1.44 bits per heavy atom. The van der Waals surface area contributed by atoms with Gasteiger partial charge in [-0.2, -0.15) is 0 Å². The summed E-state index contributed by atoms with van der Waals surface area (Å²) >= 11 is 5.98. The number of aromatic nitrogens is 4. The Morgan fingerprint density at radius 1 is 0.875 bits per heavy atom. The number of H-pyrrole nitrogens is 2. The maximum absolute atomic E-state index is 10.5. The summed E-state index contributed by atoms with van der Waals surface area (Å²) in [6.07, 6.45) is 5.57. The Kier molecular flexibility index (Phi) is 5.06. The van der Waals surface area contributed by atoms with E-state index >= 15 is 0 Å². The molecule has 6 nitrogen and oxygen atoms in total. The number of halogens is 2. The molecular weight excluding hydrogens is 344 g/mol. The molecule has 0 aliphatic rings. The van der Waals surface area contributed by atoms with Crippen LogP contribution in [0.25, 0.3) is 0 Å². The first-order valence-corrected chi connectivity index (χ1v) is 5.56. The molecule has 2 N–H and O–H groups in total. The van der Waals surface area contributed by atoms with Gasteiger partial charge in [-0.05, 0) is 31.9 Å². The van der Waals surface area contributed by atoms with E-state index in [9.17, 15) is 9.59 Å². The van der Waals surface area contributed by atoms with Gasteiger partial charge in [0.15, 0.2) is 0 Å². The average molecular weight is 350 g/mol. The van der Waals surface area contributed by atoms with Crippen LogP contribution >= 0.6 is 31.9 Å². The predicted molar refractivity (Wildman–Crippen MR) is 65.1 cm³/mol. The van der Waals surface area contributed by atoms with E-state index in [-0.39, 0.29) is 11.1 Å². The zero-order chi connectivity index (χ0) is 12.0. The van der Waals surface area contributed by atoms with E-state index < -0.39 is 0 Å². The van der Waals surface area contributed by atoms with Crippen LogP contribution < -0.4 is 11.1 Å². The van der Waals surface area contributed by atoms with E-state index in [0.717, 1.165) is 0 Å². The molecule has 2 aromatic rings. The molecule has 8 heteroatoms. The highest BCUT2D eigenvalue weighted by Crippen LogP contribution is 1.95. The van der Waals surface area contributed by atoms with Crippen molar-refractivity contribution in [2.24, 2.45) is 0 Å². The summed E-state index contributed by atoms with van der Waals surface area (Å²) in [6.45, 7) is 0. The zero-order valence-electron chi connectivity index (χ0n) is 7.78. The summed E-state index contributed by atoms with van der Waals surface area (Å²) in [5.41, 5.74) is -0.306. The number of nitrogens with one attached hydrogen (secondary N) is 2. The van der Waals surface area contributed by atoms with Gasteiger partial charge in [-0.1, -0.05) is 0 Å². The van der Waals surface area contributed by atoms with Crippen LogP contribution in [0.2, 0.25) is 0 Å². The number of nitrogens with zero attached hydrogens (tertiary/aromatic N) is 2. The molecular formula is C8H6Br2N4O2. The first-order chi connectivity index (χ1) is 7.61. The summed E-state index contributed by atoms with van der Waals surface area (Å²) < 4.78 is 0.917. The highest BCUT2D eigenvalue weighted by molar-refractivity contribution is 9.10. The standard InChI is InChI=1S/2C4H3BrN2O/c2*5-3-1-6-2-7-4(3)8/h2*1-2H,(H,6,7,8). The van der Waals surface area contributed by atoms with Gasteiger partial charge in [0, 0.05) is 12.4 Å². The molecule has 16 heavy (non-hydrogen) atoms. The van der Waals surface area contributed by atoms with Crippen LogP contribution in [0, 0.1) is 0 Å². The second-order valence-electron chi connectivity index (χ2n) is 2.46. The SMILES string of the molecule is O=c1[nH]cncc1Br.O=c1[nH]cncc1Br. The maximum Gasteiger partial charge on any atom is 0.264 e. The first-order valence-electron chi connectivity index (χ1n) is 3.97. The number of aromatic amines is 2. The van der Waals surface area contributed by atoms with Crippen molar-refractivity contribution in [1.82, 2.24) is 19.9 Å². The molecule has 2 heterocycles. The van der Waals surface area contributed by atoms with E-state index in [4.69, 9.17) is 0 Å². The Labute approximate surface area is 106 Å². The Hall–Kier alpha value is -1.28. The number of rotatable bonds is 0. The third-order valence-electron chi connectivity index (χ3n) is 1.35. The van der Waals surface area contributed by atoms with Gasteiger partial charge < -0.3 is 9.97 Å². The molecule has 0 spiro atoms. The fourth-order valence-corrected chi connectivity index (χ4v) is 1.12. The maximum atomic E-state index is 10.5. The van der Waals surface area contributed by atoms with Crippen molar-refractivity contribution < 1.29 is 0 Å². The topological polar surface area (TPSA) is 91.5 Å². The van der Waals surface area contributed by atoms with Crippen LogP contribution in [0.5, 0.6) is 0 Å². The average Bonchev–Trinajstić information content (AvgIpc) is 2.28. The van der Waals surface area contributed by atoms with Crippen molar-refractivity contribution in [2.45, 2.75) is 0 Å². The van der Waals surface area contributed by atoms with Crippen molar-refractivity contribution in [2.75, 3.05) is 0 Å². The van der Waals surface area contributed by atoms with Gasteiger partial charge in [-0.25, -0.2) is 9.97 Å². The summed E-state index contributed by atoms with van der Waals surface area (Å²) in [5, 5.41) is 0. The van der Waals surface area contributed by atoms with Crippen LogP contribution in [0.15, 0.2) is 43.6 Å². The lowest BCUT2D eigenvalue weighted by Crippen LogP contribution is -2.04. The van der Waals surface area contributed by atoms with Crippen LogP contribution in [0.4, 0.5) is 0 Å². The molecule has 0 atom stereocenters. The van der Waals surface area contributed by atoms with Gasteiger partial charge in [0.1, 0.15) is 8.95 Å². The largest absolute Gasteiger partial charge is 0.312 e. The molecule has 0 aliphatic carbocycles. The fourth-order valence-electron chi connectivity index (χ4n) is 0.652. The van der Waals surface area contributed by atoms with Crippen molar-refractivity contribution in [3.63, 3.8) is 0 Å². The minimum absolute atomic E-state index is 0.153. The number of hydrogen-bond acceptors (Lipinski definition) is 4. The number of hydrogen-bond donors (Lipinski definition) is 2. The summed E-state index contributed by atoms with van der Waals surface area (Å²) in [7, 11) is 0. The van der Waals surface area contributed by atoms with E-state index in [1.54, 1.807) is 0 Å². The minimum Gasteiger partial charge on any atom is -0.312 e. The lowest BCUT2D eigenvalue weighted by Gasteiger charge is -1.81. The Balaban J connectivity index is 0.000000160. The van der Waals surface area contributed by atoms with E-state index in [1.165, 1.54) is 25.0 Å². The molecule has 0 fully saturated rings. The molecule has 0 bridgehead atoms. The summed E-state index contributed by atoms with van der Waals surface area (Å²) in [4.78, 5) is 33.0.